The molecule has 1 aliphatic heterocycles. The third-order valence-electron chi connectivity index (χ3n) is 3.33. The fourth-order valence-corrected chi connectivity index (χ4v) is 2.20. The predicted octanol–water partition coefficient (Wildman–Crippen LogP) is 1.89. The molecule has 1 aliphatic rings. The number of carboxylic acid groups (broad SMARTS) is 1. The lowest BCUT2D eigenvalue weighted by Gasteiger charge is -2.20. The van der Waals surface area contributed by atoms with Gasteiger partial charge in [0.2, 0.25) is 5.91 Å². The monoisotopic (exact) mass is 227 g/mol. The molecule has 0 bridgehead atoms. The van der Waals surface area contributed by atoms with Crippen LogP contribution in [0.15, 0.2) is 0 Å². The van der Waals surface area contributed by atoms with E-state index in [1.165, 1.54) is 12.8 Å². The molecule has 0 aromatic heterocycles. The van der Waals surface area contributed by atoms with Crippen molar-refractivity contribution in [1.29, 1.82) is 0 Å². The second-order valence-electron chi connectivity index (χ2n) is 4.48. The number of carbonyl (C=O) groups is 2. The van der Waals surface area contributed by atoms with Gasteiger partial charge in [-0.15, -0.1) is 0 Å². The lowest BCUT2D eigenvalue weighted by molar-refractivity contribution is -0.140. The number of aliphatic carboxylic acids is 1. The van der Waals surface area contributed by atoms with E-state index in [9.17, 15) is 9.59 Å². The van der Waals surface area contributed by atoms with Crippen molar-refractivity contribution < 1.29 is 14.7 Å². The number of hydrogen-bond donors (Lipinski definition) is 1. The molecule has 0 aliphatic carbocycles. The predicted molar refractivity (Wildman–Crippen MR) is 61.1 cm³/mol. The molecule has 1 atom stereocenters. The molecule has 0 spiro atoms. The normalized spacial score (nSPS) is 21.6. The number of hydrogen-bond acceptors (Lipinski definition) is 2. The maximum Gasteiger partial charge on any atom is 0.303 e. The van der Waals surface area contributed by atoms with E-state index in [1.54, 1.807) is 0 Å². The highest BCUT2D eigenvalue weighted by Crippen LogP contribution is 2.20. The van der Waals surface area contributed by atoms with Gasteiger partial charge in [-0.05, 0) is 25.2 Å². The van der Waals surface area contributed by atoms with Crippen molar-refractivity contribution in [2.24, 2.45) is 5.92 Å². The first-order valence-corrected chi connectivity index (χ1v) is 6.13. The van der Waals surface area contributed by atoms with Crippen molar-refractivity contribution in [2.75, 3.05) is 13.1 Å². The van der Waals surface area contributed by atoms with Gasteiger partial charge in [0.1, 0.15) is 0 Å². The third kappa shape index (κ3) is 4.21. The molecular weight excluding hydrogens is 206 g/mol. The van der Waals surface area contributed by atoms with Crippen molar-refractivity contribution in [2.45, 2.75) is 45.4 Å². The second kappa shape index (κ2) is 6.51. The van der Waals surface area contributed by atoms with E-state index < -0.39 is 5.97 Å². The molecule has 0 aromatic carbocycles. The van der Waals surface area contributed by atoms with Crippen LogP contribution in [0.2, 0.25) is 0 Å². The van der Waals surface area contributed by atoms with Crippen LogP contribution in [-0.4, -0.2) is 35.0 Å². The van der Waals surface area contributed by atoms with E-state index in [0.29, 0.717) is 0 Å². The van der Waals surface area contributed by atoms with Crippen molar-refractivity contribution >= 4 is 11.9 Å². The number of nitrogens with zero attached hydrogens (tertiary/aromatic N) is 1. The summed E-state index contributed by atoms with van der Waals surface area (Å²) in [6, 6.07) is 0. The van der Waals surface area contributed by atoms with E-state index in [1.807, 2.05) is 4.90 Å². The van der Waals surface area contributed by atoms with Crippen molar-refractivity contribution in [3.05, 3.63) is 0 Å². The van der Waals surface area contributed by atoms with Gasteiger partial charge < -0.3 is 10.0 Å². The van der Waals surface area contributed by atoms with Crippen LogP contribution in [0.1, 0.15) is 45.4 Å². The summed E-state index contributed by atoms with van der Waals surface area (Å²) in [4.78, 5) is 23.9. The summed E-state index contributed by atoms with van der Waals surface area (Å²) < 4.78 is 0. The second-order valence-corrected chi connectivity index (χ2v) is 4.48. The van der Waals surface area contributed by atoms with E-state index in [2.05, 4.69) is 6.92 Å². The summed E-state index contributed by atoms with van der Waals surface area (Å²) in [5, 5.41) is 8.53. The van der Waals surface area contributed by atoms with Gasteiger partial charge in [-0.1, -0.05) is 13.3 Å². The highest BCUT2D eigenvalue weighted by molar-refractivity contribution is 5.80. The average molecular weight is 227 g/mol. The van der Waals surface area contributed by atoms with Crippen LogP contribution >= 0.6 is 0 Å². The Hall–Kier alpha value is -1.06. The highest BCUT2D eigenvalue weighted by atomic mass is 16.4. The van der Waals surface area contributed by atoms with Crippen LogP contribution in [0.5, 0.6) is 0 Å². The van der Waals surface area contributed by atoms with Gasteiger partial charge in [-0.2, -0.15) is 0 Å². The van der Waals surface area contributed by atoms with Crippen molar-refractivity contribution in [3.8, 4) is 0 Å². The molecule has 1 amide bonds. The molecule has 1 N–H and O–H groups in total. The summed E-state index contributed by atoms with van der Waals surface area (Å²) in [5.74, 6) is -0.161. The molecule has 1 heterocycles. The van der Waals surface area contributed by atoms with Gasteiger partial charge in [-0.25, -0.2) is 0 Å². The molecule has 92 valence electrons. The Bertz CT molecular complexity index is 253. The molecule has 4 heteroatoms. The van der Waals surface area contributed by atoms with Gasteiger partial charge in [0, 0.05) is 19.5 Å². The summed E-state index contributed by atoms with van der Waals surface area (Å²) in [5.41, 5.74) is 0. The highest BCUT2D eigenvalue weighted by Gasteiger charge is 2.19. The van der Waals surface area contributed by atoms with Crippen LogP contribution in [0.4, 0.5) is 0 Å². The number of rotatable bonds is 4. The van der Waals surface area contributed by atoms with Gasteiger partial charge in [0.25, 0.3) is 0 Å². The zero-order valence-electron chi connectivity index (χ0n) is 9.95. The summed E-state index contributed by atoms with van der Waals surface area (Å²) in [7, 11) is 0. The Morgan fingerprint density at radius 3 is 2.62 bits per heavy atom. The molecular formula is C12H21NO3. The molecule has 1 rings (SSSR count). The quantitative estimate of drug-likeness (QED) is 0.798. The standard InChI is InChI=1S/C12H21NO3/c1-2-10-4-3-8-13(9-7-10)11(14)5-6-12(15)16/h10H,2-9H2,1H3,(H,15,16). The maximum absolute atomic E-state index is 11.7. The summed E-state index contributed by atoms with van der Waals surface area (Å²) >= 11 is 0. The Morgan fingerprint density at radius 1 is 1.25 bits per heavy atom. The molecule has 16 heavy (non-hydrogen) atoms. The maximum atomic E-state index is 11.7. The Labute approximate surface area is 96.6 Å². The van der Waals surface area contributed by atoms with Crippen LogP contribution in [0, 0.1) is 5.92 Å². The third-order valence-corrected chi connectivity index (χ3v) is 3.33. The Morgan fingerprint density at radius 2 is 2.00 bits per heavy atom. The van der Waals surface area contributed by atoms with E-state index in [-0.39, 0.29) is 18.7 Å². The number of carboxylic acids is 1. The van der Waals surface area contributed by atoms with Gasteiger partial charge in [0.15, 0.2) is 0 Å². The lowest BCUT2D eigenvalue weighted by atomic mass is 9.98. The van der Waals surface area contributed by atoms with E-state index in [0.717, 1.165) is 31.8 Å². The van der Waals surface area contributed by atoms with Crippen molar-refractivity contribution in [3.63, 3.8) is 0 Å². The summed E-state index contributed by atoms with van der Waals surface area (Å²) in [6.45, 7) is 3.79. The molecule has 4 nitrogen and oxygen atoms in total. The van der Waals surface area contributed by atoms with Crippen LogP contribution in [-0.2, 0) is 9.59 Å². The largest absolute Gasteiger partial charge is 0.481 e. The number of amides is 1. The van der Waals surface area contributed by atoms with E-state index >= 15 is 0 Å². The topological polar surface area (TPSA) is 57.6 Å². The van der Waals surface area contributed by atoms with Crippen LogP contribution in [0.3, 0.4) is 0 Å². The van der Waals surface area contributed by atoms with Gasteiger partial charge in [-0.3, -0.25) is 9.59 Å². The molecule has 0 aromatic rings. The van der Waals surface area contributed by atoms with Crippen molar-refractivity contribution in [1.82, 2.24) is 4.90 Å². The fourth-order valence-electron chi connectivity index (χ4n) is 2.20. The summed E-state index contributed by atoms with van der Waals surface area (Å²) in [6.07, 6.45) is 4.58. The number of carbonyl (C=O) groups excluding carboxylic acids is 1. The van der Waals surface area contributed by atoms with Gasteiger partial charge in [0.05, 0.1) is 6.42 Å². The minimum atomic E-state index is -0.894. The van der Waals surface area contributed by atoms with Gasteiger partial charge >= 0.3 is 5.97 Å². The van der Waals surface area contributed by atoms with E-state index in [4.69, 9.17) is 5.11 Å². The zero-order valence-corrected chi connectivity index (χ0v) is 9.95. The molecule has 0 radical (unpaired) electrons. The molecule has 0 saturated carbocycles. The number of likely N-dealkylation sites (tertiary alicyclic amines) is 1. The van der Waals surface area contributed by atoms with Crippen LogP contribution < -0.4 is 0 Å². The van der Waals surface area contributed by atoms with Crippen LogP contribution in [0.25, 0.3) is 0 Å². The first-order chi connectivity index (χ1) is 7.63. The first-order valence-electron chi connectivity index (χ1n) is 6.13. The fraction of sp³-hybridized carbons (Fsp3) is 0.833. The SMILES string of the molecule is CCC1CCCN(C(=O)CCC(=O)O)CC1. The minimum absolute atomic E-state index is 0.000784. The lowest BCUT2D eigenvalue weighted by Crippen LogP contribution is -2.32. The molecule has 1 saturated heterocycles. The smallest absolute Gasteiger partial charge is 0.303 e. The first kappa shape index (κ1) is 13.0. The Kier molecular flexibility index (Phi) is 5.29. The molecule has 1 unspecified atom stereocenters. The average Bonchev–Trinajstić information content (AvgIpc) is 2.50. The zero-order chi connectivity index (χ0) is 12.0. The molecule has 1 fully saturated rings. The minimum Gasteiger partial charge on any atom is -0.481 e. The Balaban J connectivity index is 2.35.